The quantitative estimate of drug-likeness (QED) is 0.712. The monoisotopic (exact) mass is 295 g/mol. The average molecular weight is 295 g/mol. The smallest absolute Gasteiger partial charge is 0.250 e. The highest BCUT2D eigenvalue weighted by Crippen LogP contribution is 2.20. The van der Waals surface area contributed by atoms with Crippen LogP contribution in [0.3, 0.4) is 0 Å². The minimum atomic E-state index is -3.33. The summed E-state index contributed by atoms with van der Waals surface area (Å²) >= 11 is 2.91. The van der Waals surface area contributed by atoms with Crippen LogP contribution in [0.15, 0.2) is 16.3 Å². The third-order valence-corrected chi connectivity index (χ3v) is 5.99. The molecule has 98 valence electrons. The van der Waals surface area contributed by atoms with E-state index in [1.807, 2.05) is 6.92 Å². The average Bonchev–Trinajstić information content (AvgIpc) is 2.71. The number of aliphatic hydroxyl groups excluding tert-OH is 1. The van der Waals surface area contributed by atoms with E-state index in [0.717, 1.165) is 22.8 Å². The molecule has 0 radical (unpaired) electrons. The lowest BCUT2D eigenvalue weighted by Gasteiger charge is -2.04. The summed E-state index contributed by atoms with van der Waals surface area (Å²) in [5.41, 5.74) is 0. The number of nitrogens with one attached hydrogen (secondary N) is 1. The van der Waals surface area contributed by atoms with E-state index in [0.29, 0.717) is 10.8 Å². The van der Waals surface area contributed by atoms with Crippen LogP contribution in [0.25, 0.3) is 0 Å². The van der Waals surface area contributed by atoms with Crippen LogP contribution in [0, 0.1) is 6.92 Å². The summed E-state index contributed by atoms with van der Waals surface area (Å²) < 4.78 is 26.5. The molecule has 0 amide bonds. The van der Waals surface area contributed by atoms with Crippen molar-refractivity contribution in [1.29, 1.82) is 0 Å². The van der Waals surface area contributed by atoms with Crippen molar-refractivity contribution in [3.8, 4) is 0 Å². The molecule has 2 N–H and O–H groups in total. The molecule has 1 aromatic heterocycles. The summed E-state index contributed by atoms with van der Waals surface area (Å²) in [4.78, 5) is 0.989. The van der Waals surface area contributed by atoms with Crippen LogP contribution in [0.4, 0.5) is 0 Å². The predicted octanol–water partition coefficient (Wildman–Crippen LogP) is 1.45. The van der Waals surface area contributed by atoms with Crippen molar-refractivity contribution >= 4 is 33.1 Å². The van der Waals surface area contributed by atoms with Gasteiger partial charge in [-0.3, -0.25) is 0 Å². The lowest BCUT2D eigenvalue weighted by Crippen LogP contribution is -2.25. The Hall–Kier alpha value is -0.0800. The van der Waals surface area contributed by atoms with Gasteiger partial charge in [0, 0.05) is 23.8 Å². The van der Waals surface area contributed by atoms with Crippen LogP contribution < -0.4 is 4.72 Å². The molecule has 0 bridgehead atoms. The van der Waals surface area contributed by atoms with E-state index >= 15 is 0 Å². The van der Waals surface area contributed by atoms with E-state index in [4.69, 9.17) is 5.11 Å². The molecule has 1 heterocycles. The largest absolute Gasteiger partial charge is 0.396 e. The van der Waals surface area contributed by atoms with Gasteiger partial charge < -0.3 is 5.11 Å². The Morgan fingerprint density at radius 3 is 2.76 bits per heavy atom. The first kappa shape index (κ1) is 15.0. The number of aryl methyl sites for hydroxylation is 1. The molecule has 0 saturated carbocycles. The molecule has 0 aliphatic heterocycles. The fraction of sp³-hybridized carbons (Fsp3) is 0.600. The van der Waals surface area contributed by atoms with Crippen molar-refractivity contribution in [2.75, 3.05) is 24.7 Å². The van der Waals surface area contributed by atoms with E-state index in [9.17, 15) is 8.42 Å². The summed E-state index contributed by atoms with van der Waals surface area (Å²) in [6.07, 6.45) is 0.752. The van der Waals surface area contributed by atoms with Gasteiger partial charge in [0.25, 0.3) is 0 Å². The molecule has 0 unspecified atom stereocenters. The Kier molecular flexibility index (Phi) is 6.50. The molecule has 0 atom stereocenters. The third kappa shape index (κ3) is 5.39. The van der Waals surface area contributed by atoms with Crippen LogP contribution in [-0.4, -0.2) is 38.2 Å². The minimum Gasteiger partial charge on any atom is -0.396 e. The van der Waals surface area contributed by atoms with E-state index in [2.05, 4.69) is 4.72 Å². The predicted molar refractivity (Wildman–Crippen MR) is 73.3 cm³/mol. The van der Waals surface area contributed by atoms with Gasteiger partial charge in [0.1, 0.15) is 4.21 Å². The van der Waals surface area contributed by atoms with E-state index in [-0.39, 0.29) is 6.61 Å². The first-order valence-corrected chi connectivity index (χ1v) is 8.76. The molecule has 0 aliphatic rings. The second kappa shape index (κ2) is 7.38. The molecule has 0 saturated heterocycles. The maximum atomic E-state index is 11.8. The zero-order valence-corrected chi connectivity index (χ0v) is 12.1. The normalized spacial score (nSPS) is 11.9. The van der Waals surface area contributed by atoms with Crippen LogP contribution >= 0.6 is 23.1 Å². The highest BCUT2D eigenvalue weighted by Gasteiger charge is 2.14. The SMILES string of the molecule is Cc1ccc(S(=O)(=O)NCCSCCCO)s1. The second-order valence-electron chi connectivity index (χ2n) is 3.45. The molecule has 1 aromatic rings. The zero-order chi connectivity index (χ0) is 12.7. The summed E-state index contributed by atoms with van der Waals surface area (Å²) in [6, 6.07) is 3.43. The standard InChI is InChI=1S/C10H17NO3S3/c1-9-3-4-10(16-9)17(13,14)11-5-8-15-7-2-6-12/h3-4,11-12H,2,5-8H2,1H3. The molecule has 0 spiro atoms. The number of aliphatic hydroxyl groups is 1. The third-order valence-electron chi connectivity index (χ3n) is 1.97. The summed E-state index contributed by atoms with van der Waals surface area (Å²) in [5.74, 6) is 1.58. The molecule has 4 nitrogen and oxygen atoms in total. The number of hydrogen-bond acceptors (Lipinski definition) is 5. The number of thioether (sulfide) groups is 1. The Labute approximate surface area is 110 Å². The van der Waals surface area contributed by atoms with Crippen LogP contribution in [-0.2, 0) is 10.0 Å². The van der Waals surface area contributed by atoms with Gasteiger partial charge in [-0.2, -0.15) is 11.8 Å². The summed E-state index contributed by atoms with van der Waals surface area (Å²) in [5, 5.41) is 8.58. The summed E-state index contributed by atoms with van der Waals surface area (Å²) in [7, 11) is -3.33. The van der Waals surface area contributed by atoms with E-state index in [1.54, 1.807) is 23.9 Å². The fourth-order valence-corrected chi connectivity index (χ4v) is 4.42. The second-order valence-corrected chi connectivity index (χ2v) is 7.96. The summed E-state index contributed by atoms with van der Waals surface area (Å²) in [6.45, 7) is 2.50. The minimum absolute atomic E-state index is 0.188. The number of sulfonamides is 1. The Morgan fingerprint density at radius 2 is 2.18 bits per heavy atom. The van der Waals surface area contributed by atoms with Gasteiger partial charge in [-0.25, -0.2) is 13.1 Å². The first-order chi connectivity index (χ1) is 8.06. The van der Waals surface area contributed by atoms with Crippen molar-refractivity contribution in [3.63, 3.8) is 0 Å². The first-order valence-electron chi connectivity index (χ1n) is 5.31. The maximum absolute atomic E-state index is 11.8. The lowest BCUT2D eigenvalue weighted by atomic mass is 10.5. The Morgan fingerprint density at radius 1 is 1.41 bits per heavy atom. The Bertz CT molecular complexity index is 428. The van der Waals surface area contributed by atoms with Crippen LogP contribution in [0.1, 0.15) is 11.3 Å². The maximum Gasteiger partial charge on any atom is 0.250 e. The van der Waals surface area contributed by atoms with Crippen molar-refractivity contribution in [3.05, 3.63) is 17.0 Å². The van der Waals surface area contributed by atoms with Gasteiger partial charge in [0.05, 0.1) is 0 Å². The molecule has 0 aromatic carbocycles. The molecular weight excluding hydrogens is 278 g/mol. The highest BCUT2D eigenvalue weighted by atomic mass is 32.2. The van der Waals surface area contributed by atoms with Crippen LogP contribution in [0.2, 0.25) is 0 Å². The van der Waals surface area contributed by atoms with Gasteiger partial charge in [-0.15, -0.1) is 11.3 Å². The Balaban J connectivity index is 2.31. The lowest BCUT2D eigenvalue weighted by molar-refractivity contribution is 0.296. The van der Waals surface area contributed by atoms with Gasteiger partial charge in [0.15, 0.2) is 0 Å². The topological polar surface area (TPSA) is 66.4 Å². The van der Waals surface area contributed by atoms with Crippen molar-refractivity contribution < 1.29 is 13.5 Å². The molecule has 0 fully saturated rings. The van der Waals surface area contributed by atoms with Gasteiger partial charge >= 0.3 is 0 Å². The van der Waals surface area contributed by atoms with Gasteiger partial charge in [-0.05, 0) is 31.2 Å². The molecular formula is C10H17NO3S3. The van der Waals surface area contributed by atoms with Crippen molar-refractivity contribution in [2.24, 2.45) is 0 Å². The van der Waals surface area contributed by atoms with E-state index < -0.39 is 10.0 Å². The van der Waals surface area contributed by atoms with Gasteiger partial charge in [-0.1, -0.05) is 0 Å². The molecule has 17 heavy (non-hydrogen) atoms. The van der Waals surface area contributed by atoms with Gasteiger partial charge in [0.2, 0.25) is 10.0 Å². The van der Waals surface area contributed by atoms with Crippen molar-refractivity contribution in [1.82, 2.24) is 4.72 Å². The number of thiophene rings is 1. The number of hydrogen-bond donors (Lipinski definition) is 2. The fourth-order valence-electron chi connectivity index (χ4n) is 1.14. The molecule has 1 rings (SSSR count). The van der Waals surface area contributed by atoms with Crippen LogP contribution in [0.5, 0.6) is 0 Å². The molecule has 0 aliphatic carbocycles. The van der Waals surface area contributed by atoms with E-state index in [1.165, 1.54) is 11.3 Å². The molecule has 7 heteroatoms. The van der Waals surface area contributed by atoms with Crippen molar-refractivity contribution in [2.45, 2.75) is 17.6 Å². The number of rotatable bonds is 8. The highest BCUT2D eigenvalue weighted by molar-refractivity contribution is 7.99. The zero-order valence-electron chi connectivity index (χ0n) is 9.68.